The van der Waals surface area contributed by atoms with Gasteiger partial charge in [0.15, 0.2) is 0 Å². The third-order valence-corrected chi connectivity index (χ3v) is 2.55. The molecule has 0 aromatic heterocycles. The highest BCUT2D eigenvalue weighted by atomic mass is 16.2. The van der Waals surface area contributed by atoms with Crippen molar-refractivity contribution in [2.45, 2.75) is 71.9 Å². The van der Waals surface area contributed by atoms with Gasteiger partial charge in [-0.15, -0.1) is 0 Å². The number of carbonyl (C=O) groups is 1. The van der Waals surface area contributed by atoms with E-state index in [2.05, 4.69) is 20.8 Å². The van der Waals surface area contributed by atoms with Crippen molar-refractivity contribution in [1.29, 1.82) is 0 Å². The van der Waals surface area contributed by atoms with Crippen LogP contribution in [-0.2, 0) is 4.79 Å². The van der Waals surface area contributed by atoms with E-state index in [-0.39, 0.29) is 11.9 Å². The van der Waals surface area contributed by atoms with Gasteiger partial charge in [0, 0.05) is 24.5 Å². The molecule has 0 heterocycles. The van der Waals surface area contributed by atoms with Crippen LogP contribution in [0.4, 0.5) is 0 Å². The second-order valence-electron chi connectivity index (χ2n) is 5.55. The van der Waals surface area contributed by atoms with Gasteiger partial charge in [0.05, 0.1) is 0 Å². The third-order valence-electron chi connectivity index (χ3n) is 2.55. The minimum atomic E-state index is -0.408. The quantitative estimate of drug-likeness (QED) is 0.681. The summed E-state index contributed by atoms with van der Waals surface area (Å²) in [6, 6.07) is 0.270. The predicted octanol–water partition coefficient (Wildman–Crippen LogP) is 2.54. The van der Waals surface area contributed by atoms with Crippen molar-refractivity contribution in [3.63, 3.8) is 0 Å². The van der Waals surface area contributed by atoms with E-state index >= 15 is 0 Å². The molecule has 0 aliphatic carbocycles. The largest absolute Gasteiger partial charge is 0.340 e. The van der Waals surface area contributed by atoms with Gasteiger partial charge in [-0.25, -0.2) is 0 Å². The van der Waals surface area contributed by atoms with E-state index in [9.17, 15) is 4.79 Å². The summed E-state index contributed by atoms with van der Waals surface area (Å²) in [6.07, 6.45) is 3.88. The van der Waals surface area contributed by atoms with Crippen molar-refractivity contribution in [2.75, 3.05) is 6.54 Å². The van der Waals surface area contributed by atoms with Gasteiger partial charge in [0.1, 0.15) is 0 Å². The van der Waals surface area contributed by atoms with Gasteiger partial charge in [0.25, 0.3) is 0 Å². The maximum absolute atomic E-state index is 12.0. The summed E-state index contributed by atoms with van der Waals surface area (Å²) in [4.78, 5) is 14.0. The zero-order chi connectivity index (χ0) is 12.8. The van der Waals surface area contributed by atoms with Crippen molar-refractivity contribution in [3.8, 4) is 0 Å². The second-order valence-corrected chi connectivity index (χ2v) is 5.55. The van der Waals surface area contributed by atoms with Crippen LogP contribution < -0.4 is 5.73 Å². The fourth-order valence-electron chi connectivity index (χ4n) is 1.69. The minimum Gasteiger partial charge on any atom is -0.340 e. The van der Waals surface area contributed by atoms with Gasteiger partial charge in [-0.05, 0) is 34.1 Å². The van der Waals surface area contributed by atoms with Crippen LogP contribution in [0.25, 0.3) is 0 Å². The number of nitrogens with zero attached hydrogens (tertiary/aromatic N) is 1. The molecular weight excluding hydrogens is 200 g/mol. The first kappa shape index (κ1) is 15.4. The fraction of sp³-hybridized carbons (Fsp3) is 0.923. The lowest BCUT2D eigenvalue weighted by molar-refractivity contribution is -0.134. The lowest BCUT2D eigenvalue weighted by atomic mass is 10.0. The van der Waals surface area contributed by atoms with Crippen LogP contribution in [0.1, 0.15) is 60.3 Å². The second kappa shape index (κ2) is 6.89. The molecule has 0 spiro atoms. The van der Waals surface area contributed by atoms with Gasteiger partial charge in [-0.2, -0.15) is 0 Å². The van der Waals surface area contributed by atoms with E-state index in [4.69, 9.17) is 5.73 Å². The van der Waals surface area contributed by atoms with E-state index in [0.717, 1.165) is 13.0 Å². The van der Waals surface area contributed by atoms with Gasteiger partial charge >= 0.3 is 0 Å². The molecular formula is C13H28N2O. The average molecular weight is 228 g/mol. The molecule has 0 aliphatic heterocycles. The molecule has 16 heavy (non-hydrogen) atoms. The molecule has 0 atom stereocenters. The van der Waals surface area contributed by atoms with Crippen molar-refractivity contribution in [2.24, 2.45) is 5.73 Å². The third kappa shape index (κ3) is 6.83. The fourth-order valence-corrected chi connectivity index (χ4v) is 1.69. The Balaban J connectivity index is 4.25. The molecule has 3 heteroatoms. The Morgan fingerprint density at radius 1 is 1.31 bits per heavy atom. The average Bonchev–Trinajstić information content (AvgIpc) is 2.08. The standard InChI is InChI=1S/C13H28N2O/c1-6-7-8-9-15(11(2)3)12(16)10-13(4,5)14/h11H,6-10,14H2,1-5H3. The maximum Gasteiger partial charge on any atom is 0.224 e. The normalized spacial score (nSPS) is 11.9. The number of carbonyl (C=O) groups excluding carboxylic acids is 1. The van der Waals surface area contributed by atoms with Gasteiger partial charge in [-0.3, -0.25) is 4.79 Å². The van der Waals surface area contributed by atoms with E-state index in [0.29, 0.717) is 6.42 Å². The van der Waals surface area contributed by atoms with E-state index in [1.54, 1.807) is 0 Å². The zero-order valence-corrected chi connectivity index (χ0v) is 11.5. The summed E-state index contributed by atoms with van der Waals surface area (Å²) in [5.41, 5.74) is 5.47. The number of rotatable bonds is 7. The number of amides is 1. The number of hydrogen-bond donors (Lipinski definition) is 1. The lowest BCUT2D eigenvalue weighted by Crippen LogP contribution is -2.44. The van der Waals surface area contributed by atoms with Crippen molar-refractivity contribution < 1.29 is 4.79 Å². The van der Waals surface area contributed by atoms with Gasteiger partial charge in [-0.1, -0.05) is 19.8 Å². The molecule has 0 rings (SSSR count). The Labute approximate surface area is 100 Å². The first-order chi connectivity index (χ1) is 7.28. The Morgan fingerprint density at radius 3 is 2.25 bits per heavy atom. The first-order valence-electron chi connectivity index (χ1n) is 6.36. The molecule has 0 saturated heterocycles. The zero-order valence-electron chi connectivity index (χ0n) is 11.5. The summed E-state index contributed by atoms with van der Waals surface area (Å²) in [6.45, 7) is 11.0. The highest BCUT2D eigenvalue weighted by Gasteiger charge is 2.22. The Kier molecular flexibility index (Phi) is 6.65. The lowest BCUT2D eigenvalue weighted by Gasteiger charge is -2.30. The molecule has 2 N–H and O–H groups in total. The summed E-state index contributed by atoms with van der Waals surface area (Å²) >= 11 is 0. The molecule has 3 nitrogen and oxygen atoms in total. The van der Waals surface area contributed by atoms with Gasteiger partial charge < -0.3 is 10.6 Å². The summed E-state index contributed by atoms with van der Waals surface area (Å²) in [5, 5.41) is 0. The van der Waals surface area contributed by atoms with Crippen LogP contribution in [0.5, 0.6) is 0 Å². The monoisotopic (exact) mass is 228 g/mol. The van der Waals surface area contributed by atoms with Crippen LogP contribution in [0.15, 0.2) is 0 Å². The minimum absolute atomic E-state index is 0.179. The molecule has 0 saturated carbocycles. The number of hydrogen-bond acceptors (Lipinski definition) is 2. The number of nitrogens with two attached hydrogens (primary N) is 1. The summed E-state index contributed by atoms with van der Waals surface area (Å²) < 4.78 is 0. The van der Waals surface area contributed by atoms with Crippen LogP contribution in [-0.4, -0.2) is 28.9 Å². The molecule has 1 amide bonds. The Hall–Kier alpha value is -0.570. The van der Waals surface area contributed by atoms with Crippen LogP contribution in [0, 0.1) is 0 Å². The molecule has 96 valence electrons. The molecule has 0 bridgehead atoms. The summed E-state index contributed by atoms with van der Waals surface area (Å²) in [7, 11) is 0. The van der Waals surface area contributed by atoms with E-state index in [1.807, 2.05) is 18.7 Å². The van der Waals surface area contributed by atoms with Crippen LogP contribution >= 0.6 is 0 Å². The molecule has 0 unspecified atom stereocenters. The topological polar surface area (TPSA) is 46.3 Å². The molecule has 0 aliphatic rings. The highest BCUT2D eigenvalue weighted by molar-refractivity contribution is 5.77. The first-order valence-corrected chi connectivity index (χ1v) is 6.36. The predicted molar refractivity (Wildman–Crippen MR) is 69.3 cm³/mol. The Morgan fingerprint density at radius 2 is 1.88 bits per heavy atom. The maximum atomic E-state index is 12.0. The highest BCUT2D eigenvalue weighted by Crippen LogP contribution is 2.11. The van der Waals surface area contributed by atoms with Crippen LogP contribution in [0.2, 0.25) is 0 Å². The number of unbranched alkanes of at least 4 members (excludes halogenated alkanes) is 2. The van der Waals surface area contributed by atoms with Crippen molar-refractivity contribution >= 4 is 5.91 Å². The SMILES string of the molecule is CCCCCN(C(=O)CC(C)(C)N)C(C)C. The molecule has 0 aromatic rings. The van der Waals surface area contributed by atoms with E-state index in [1.165, 1.54) is 12.8 Å². The van der Waals surface area contributed by atoms with E-state index < -0.39 is 5.54 Å². The molecule has 0 fully saturated rings. The van der Waals surface area contributed by atoms with Gasteiger partial charge in [0.2, 0.25) is 5.91 Å². The Bertz CT molecular complexity index is 206. The molecule has 0 radical (unpaired) electrons. The van der Waals surface area contributed by atoms with Crippen LogP contribution in [0.3, 0.4) is 0 Å². The van der Waals surface area contributed by atoms with Crippen molar-refractivity contribution in [1.82, 2.24) is 4.90 Å². The smallest absolute Gasteiger partial charge is 0.224 e. The molecule has 0 aromatic carbocycles. The van der Waals surface area contributed by atoms with Crippen molar-refractivity contribution in [3.05, 3.63) is 0 Å². The summed E-state index contributed by atoms with van der Waals surface area (Å²) in [5.74, 6) is 0.179.